The van der Waals surface area contributed by atoms with E-state index in [1.807, 2.05) is 0 Å². The lowest BCUT2D eigenvalue weighted by Crippen LogP contribution is -2.00. The first kappa shape index (κ1) is 14.3. The topological polar surface area (TPSA) is 34.1 Å². The summed E-state index contributed by atoms with van der Waals surface area (Å²) in [4.78, 5) is 11.2. The first-order valence-corrected chi connectivity index (χ1v) is 7.03. The van der Waals surface area contributed by atoms with E-state index >= 15 is 0 Å². The van der Waals surface area contributed by atoms with E-state index in [0.29, 0.717) is 23.5 Å². The molecule has 0 saturated carbocycles. The third kappa shape index (κ3) is 4.96. The third-order valence-corrected chi connectivity index (χ3v) is 3.99. The Labute approximate surface area is 108 Å². The van der Waals surface area contributed by atoms with E-state index in [4.69, 9.17) is 11.6 Å². The highest BCUT2D eigenvalue weighted by Crippen LogP contribution is 2.19. The van der Waals surface area contributed by atoms with Gasteiger partial charge >= 0.3 is 0 Å². The zero-order valence-corrected chi connectivity index (χ0v) is 11.1. The molecule has 2 nitrogen and oxygen atoms in total. The monoisotopic (exact) mass is 276 g/mol. The predicted octanol–water partition coefficient (Wildman–Crippen LogP) is 3.35. The van der Waals surface area contributed by atoms with E-state index in [1.165, 1.54) is 25.1 Å². The number of rotatable bonds is 6. The summed E-state index contributed by atoms with van der Waals surface area (Å²) in [6, 6.07) is 4.07. The highest BCUT2D eigenvalue weighted by atomic mass is 35.5. The van der Waals surface area contributed by atoms with Crippen LogP contribution in [0.4, 0.5) is 4.39 Å². The standard InChI is InChI=1S/C12H14ClFO2S/c1-9(15)4-2-3-7-17(16)10-5-6-12(14)11(13)8-10/h5-6,8H,2-4,7H2,1H3. The van der Waals surface area contributed by atoms with E-state index in [9.17, 15) is 13.4 Å². The molecule has 0 N–H and O–H groups in total. The van der Waals surface area contributed by atoms with Gasteiger partial charge in [-0.15, -0.1) is 0 Å². The summed E-state index contributed by atoms with van der Waals surface area (Å²) in [7, 11) is -1.18. The molecule has 0 aliphatic rings. The Hall–Kier alpha value is -0.740. The van der Waals surface area contributed by atoms with Crippen molar-refractivity contribution in [2.45, 2.75) is 31.1 Å². The normalized spacial score (nSPS) is 12.4. The smallest absolute Gasteiger partial charge is 0.141 e. The van der Waals surface area contributed by atoms with E-state index in [-0.39, 0.29) is 10.8 Å². The van der Waals surface area contributed by atoms with Gasteiger partial charge in [-0.05, 0) is 38.0 Å². The molecule has 0 aliphatic heterocycles. The number of hydrogen-bond donors (Lipinski definition) is 0. The molecule has 1 unspecified atom stereocenters. The van der Waals surface area contributed by atoms with Gasteiger partial charge in [0.15, 0.2) is 0 Å². The van der Waals surface area contributed by atoms with E-state index in [2.05, 4.69) is 0 Å². The van der Waals surface area contributed by atoms with Crippen LogP contribution in [0.1, 0.15) is 26.2 Å². The van der Waals surface area contributed by atoms with Crippen LogP contribution in [0.25, 0.3) is 0 Å². The molecule has 0 heterocycles. The van der Waals surface area contributed by atoms with Gasteiger partial charge < -0.3 is 4.79 Å². The summed E-state index contributed by atoms with van der Waals surface area (Å²) < 4.78 is 24.7. The van der Waals surface area contributed by atoms with Crippen LogP contribution in [0.2, 0.25) is 5.02 Å². The summed E-state index contributed by atoms with van der Waals surface area (Å²) in [5.74, 6) is 0.0968. The number of benzene rings is 1. The predicted molar refractivity (Wildman–Crippen MR) is 67.2 cm³/mol. The summed E-state index contributed by atoms with van der Waals surface area (Å²) >= 11 is 5.61. The molecule has 0 saturated heterocycles. The van der Waals surface area contributed by atoms with Crippen molar-refractivity contribution in [2.24, 2.45) is 0 Å². The minimum absolute atomic E-state index is 0.0143. The lowest BCUT2D eigenvalue weighted by Gasteiger charge is -2.03. The highest BCUT2D eigenvalue weighted by Gasteiger charge is 2.07. The third-order valence-electron chi connectivity index (χ3n) is 2.26. The largest absolute Gasteiger partial charge is 0.300 e. The number of ketones is 1. The van der Waals surface area contributed by atoms with Crippen molar-refractivity contribution in [2.75, 3.05) is 5.75 Å². The summed E-state index contributed by atoms with van der Waals surface area (Å²) in [6.07, 6.45) is 1.96. The average molecular weight is 277 g/mol. The Balaban J connectivity index is 2.47. The van der Waals surface area contributed by atoms with Crippen molar-refractivity contribution in [1.29, 1.82) is 0 Å². The van der Waals surface area contributed by atoms with Crippen molar-refractivity contribution in [3.63, 3.8) is 0 Å². The molecule has 1 aromatic carbocycles. The van der Waals surface area contributed by atoms with Crippen LogP contribution in [0.5, 0.6) is 0 Å². The molecular weight excluding hydrogens is 263 g/mol. The zero-order valence-electron chi connectivity index (χ0n) is 9.54. The first-order chi connectivity index (χ1) is 8.00. The molecule has 0 aromatic heterocycles. The van der Waals surface area contributed by atoms with Gasteiger partial charge in [-0.3, -0.25) is 4.21 Å². The molecule has 0 amide bonds. The Morgan fingerprint density at radius 1 is 1.41 bits per heavy atom. The van der Waals surface area contributed by atoms with Crippen molar-refractivity contribution in [3.8, 4) is 0 Å². The molecule has 0 bridgehead atoms. The van der Waals surface area contributed by atoms with Crippen molar-refractivity contribution in [3.05, 3.63) is 29.0 Å². The minimum atomic E-state index is -1.18. The summed E-state index contributed by atoms with van der Waals surface area (Å²) in [5.41, 5.74) is 0. The van der Waals surface area contributed by atoms with Gasteiger partial charge in [-0.2, -0.15) is 0 Å². The highest BCUT2D eigenvalue weighted by molar-refractivity contribution is 7.85. The van der Waals surface area contributed by atoms with E-state index in [0.717, 1.165) is 6.42 Å². The van der Waals surface area contributed by atoms with Crippen molar-refractivity contribution >= 4 is 28.2 Å². The van der Waals surface area contributed by atoms with Crippen molar-refractivity contribution in [1.82, 2.24) is 0 Å². The Bertz CT molecular complexity index is 435. The second kappa shape index (κ2) is 6.87. The number of hydrogen-bond acceptors (Lipinski definition) is 2. The van der Waals surface area contributed by atoms with Gasteiger partial charge in [0.05, 0.1) is 15.8 Å². The van der Waals surface area contributed by atoms with Crippen LogP contribution in [0.3, 0.4) is 0 Å². The average Bonchev–Trinajstić information content (AvgIpc) is 2.27. The van der Waals surface area contributed by atoms with Crippen LogP contribution in [0, 0.1) is 5.82 Å². The van der Waals surface area contributed by atoms with E-state index < -0.39 is 16.6 Å². The molecule has 0 aliphatic carbocycles. The van der Waals surface area contributed by atoms with Gasteiger partial charge in [0.25, 0.3) is 0 Å². The number of carbonyl (C=O) groups excluding carboxylic acids is 1. The van der Waals surface area contributed by atoms with Gasteiger partial charge in [0.1, 0.15) is 11.6 Å². The first-order valence-electron chi connectivity index (χ1n) is 5.33. The van der Waals surface area contributed by atoms with Crippen LogP contribution in [-0.4, -0.2) is 15.7 Å². The van der Waals surface area contributed by atoms with Crippen LogP contribution in [0.15, 0.2) is 23.1 Å². The lowest BCUT2D eigenvalue weighted by atomic mass is 10.2. The number of halogens is 2. The molecule has 0 fully saturated rings. The maximum absolute atomic E-state index is 12.9. The Morgan fingerprint density at radius 2 is 2.12 bits per heavy atom. The van der Waals surface area contributed by atoms with E-state index in [1.54, 1.807) is 0 Å². The molecular formula is C12H14ClFO2S. The molecule has 5 heteroatoms. The van der Waals surface area contributed by atoms with Gasteiger partial charge in [-0.25, -0.2) is 4.39 Å². The lowest BCUT2D eigenvalue weighted by molar-refractivity contribution is -0.117. The van der Waals surface area contributed by atoms with Crippen LogP contribution in [-0.2, 0) is 15.6 Å². The second-order valence-corrected chi connectivity index (χ2v) is 5.76. The molecule has 0 radical (unpaired) electrons. The second-order valence-electron chi connectivity index (χ2n) is 3.78. The fourth-order valence-electron chi connectivity index (χ4n) is 1.34. The van der Waals surface area contributed by atoms with Crippen LogP contribution >= 0.6 is 11.6 Å². The maximum Gasteiger partial charge on any atom is 0.141 e. The number of carbonyl (C=O) groups is 1. The fraction of sp³-hybridized carbons (Fsp3) is 0.417. The zero-order chi connectivity index (χ0) is 12.8. The summed E-state index contributed by atoms with van der Waals surface area (Å²) in [5, 5.41) is -0.0143. The van der Waals surface area contributed by atoms with Gasteiger partial charge in [0.2, 0.25) is 0 Å². The molecule has 17 heavy (non-hydrogen) atoms. The number of Topliss-reactive ketones (excluding diaryl/α,β-unsaturated/α-hetero) is 1. The van der Waals surface area contributed by atoms with Gasteiger partial charge in [0, 0.05) is 17.1 Å². The Kier molecular flexibility index (Phi) is 5.78. The molecule has 1 aromatic rings. The molecule has 0 spiro atoms. The van der Waals surface area contributed by atoms with Crippen molar-refractivity contribution < 1.29 is 13.4 Å². The quantitative estimate of drug-likeness (QED) is 0.747. The summed E-state index contributed by atoms with van der Waals surface area (Å²) in [6.45, 7) is 1.54. The number of unbranched alkanes of at least 4 members (excludes halogenated alkanes) is 1. The fourth-order valence-corrected chi connectivity index (χ4v) is 2.76. The Morgan fingerprint density at radius 3 is 2.71 bits per heavy atom. The van der Waals surface area contributed by atoms with Crippen LogP contribution < -0.4 is 0 Å². The molecule has 1 atom stereocenters. The maximum atomic E-state index is 12.9. The molecule has 1 rings (SSSR count). The molecule has 94 valence electrons. The minimum Gasteiger partial charge on any atom is -0.300 e. The SMILES string of the molecule is CC(=O)CCCCS(=O)c1ccc(F)c(Cl)c1. The van der Waals surface area contributed by atoms with Gasteiger partial charge in [-0.1, -0.05) is 11.6 Å².